The summed E-state index contributed by atoms with van der Waals surface area (Å²) in [6.07, 6.45) is 0. The number of anilines is 1. The lowest BCUT2D eigenvalue weighted by Gasteiger charge is -2.30. The van der Waals surface area contributed by atoms with Crippen molar-refractivity contribution in [3.63, 3.8) is 0 Å². The molecule has 0 amide bonds. The molecule has 0 bridgehead atoms. The molecule has 1 aromatic carbocycles. The van der Waals surface area contributed by atoms with Gasteiger partial charge in [0, 0.05) is 5.69 Å². The average Bonchev–Trinajstić information content (AvgIpc) is 2.17. The molecule has 3 N–H and O–H groups in total. The third kappa shape index (κ3) is 4.26. The summed E-state index contributed by atoms with van der Waals surface area (Å²) in [6.45, 7) is 1.91. The number of hydrogen-bond donors (Lipinski definition) is 2. The molecule has 0 spiro atoms. The number of benzene rings is 1. The van der Waals surface area contributed by atoms with Gasteiger partial charge in [0.25, 0.3) is 0 Å². The monoisotopic (exact) mass is 246 g/mol. The van der Waals surface area contributed by atoms with E-state index in [1.807, 2.05) is 0 Å². The predicted octanol–water partition coefficient (Wildman–Crippen LogP) is 1.34. The van der Waals surface area contributed by atoms with E-state index < -0.39 is 5.72 Å². The Labute approximate surface area is 102 Å². The van der Waals surface area contributed by atoms with Crippen molar-refractivity contribution in [1.29, 1.82) is 0 Å². The number of likely N-dealkylation sites (N-methyl/N-ethyl adjacent to an activating group) is 1. The summed E-state index contributed by atoms with van der Waals surface area (Å²) in [4.78, 5) is 1.70. The number of nitrogens with two attached hydrogens (primary N) is 1. The first-order chi connectivity index (χ1) is 6.92. The Morgan fingerprint density at radius 1 is 1.31 bits per heavy atom. The van der Waals surface area contributed by atoms with E-state index >= 15 is 0 Å². The Kier molecular flexibility index (Phi) is 5.58. The van der Waals surface area contributed by atoms with Crippen molar-refractivity contribution in [3.05, 3.63) is 24.3 Å². The van der Waals surface area contributed by atoms with Gasteiger partial charge < -0.3 is 15.6 Å². The molecule has 0 aliphatic heterocycles. The highest BCUT2D eigenvalue weighted by atomic mass is 35.5. The topological polar surface area (TPSA) is 58.7 Å². The second-order valence-corrected chi connectivity index (χ2v) is 3.97. The van der Waals surface area contributed by atoms with Gasteiger partial charge in [-0.1, -0.05) is 0 Å². The van der Waals surface area contributed by atoms with Crippen LogP contribution in [-0.4, -0.2) is 36.4 Å². The minimum absolute atomic E-state index is 0. The maximum Gasteiger partial charge on any atom is 0.149 e. The molecule has 1 unspecified atom stereocenters. The quantitative estimate of drug-likeness (QED) is 0.622. The number of ether oxygens (including phenoxy) is 1. The number of nitrogens with zero attached hydrogens (tertiary/aromatic N) is 1. The molecule has 0 heterocycles. The Morgan fingerprint density at radius 2 is 1.81 bits per heavy atom. The van der Waals surface area contributed by atoms with E-state index in [1.165, 1.54) is 0 Å². The molecule has 4 nitrogen and oxygen atoms in total. The first-order valence-corrected chi connectivity index (χ1v) is 4.80. The second-order valence-electron chi connectivity index (χ2n) is 3.97. The zero-order valence-electron chi connectivity index (χ0n) is 9.80. The summed E-state index contributed by atoms with van der Waals surface area (Å²) in [5, 5.41) is 9.88. The van der Waals surface area contributed by atoms with E-state index in [-0.39, 0.29) is 19.0 Å². The molecule has 1 aromatic rings. The van der Waals surface area contributed by atoms with E-state index in [4.69, 9.17) is 10.5 Å². The van der Waals surface area contributed by atoms with Crippen molar-refractivity contribution >= 4 is 18.1 Å². The minimum atomic E-state index is -0.971. The van der Waals surface area contributed by atoms with Gasteiger partial charge in [-0.3, -0.25) is 4.90 Å². The van der Waals surface area contributed by atoms with Crippen molar-refractivity contribution in [3.8, 4) is 5.75 Å². The van der Waals surface area contributed by atoms with Crippen LogP contribution in [0.2, 0.25) is 0 Å². The van der Waals surface area contributed by atoms with E-state index in [0.29, 0.717) is 11.4 Å². The summed E-state index contributed by atoms with van der Waals surface area (Å²) < 4.78 is 5.44. The van der Waals surface area contributed by atoms with Crippen molar-refractivity contribution < 1.29 is 9.84 Å². The van der Waals surface area contributed by atoms with Gasteiger partial charge in [-0.05, 0) is 45.3 Å². The van der Waals surface area contributed by atoms with Crippen molar-refractivity contribution in [2.75, 3.05) is 26.4 Å². The zero-order chi connectivity index (χ0) is 11.5. The van der Waals surface area contributed by atoms with E-state index in [0.717, 1.165) is 0 Å². The van der Waals surface area contributed by atoms with Crippen LogP contribution < -0.4 is 10.5 Å². The first-order valence-electron chi connectivity index (χ1n) is 4.80. The van der Waals surface area contributed by atoms with Crippen LogP contribution in [0.5, 0.6) is 5.75 Å². The Bertz CT molecular complexity index is 312. The number of aliphatic hydroxyl groups is 1. The fourth-order valence-corrected chi connectivity index (χ4v) is 0.913. The molecule has 0 fully saturated rings. The zero-order valence-corrected chi connectivity index (χ0v) is 10.6. The number of hydrogen-bond acceptors (Lipinski definition) is 4. The molecule has 0 aliphatic rings. The van der Waals surface area contributed by atoms with Gasteiger partial charge >= 0.3 is 0 Å². The molecular formula is C11H19ClN2O2. The highest BCUT2D eigenvalue weighted by Gasteiger charge is 2.23. The van der Waals surface area contributed by atoms with Crippen molar-refractivity contribution in [1.82, 2.24) is 4.90 Å². The van der Waals surface area contributed by atoms with Gasteiger partial charge in [0.05, 0.1) is 0 Å². The maximum absolute atomic E-state index is 9.88. The lowest BCUT2D eigenvalue weighted by molar-refractivity contribution is -0.0944. The van der Waals surface area contributed by atoms with Crippen LogP contribution in [-0.2, 0) is 0 Å². The van der Waals surface area contributed by atoms with Crippen LogP contribution in [0, 0.1) is 0 Å². The van der Waals surface area contributed by atoms with Crippen molar-refractivity contribution in [2.24, 2.45) is 0 Å². The van der Waals surface area contributed by atoms with Crippen molar-refractivity contribution in [2.45, 2.75) is 12.6 Å². The van der Waals surface area contributed by atoms with Gasteiger partial charge in [-0.2, -0.15) is 0 Å². The summed E-state index contributed by atoms with van der Waals surface area (Å²) >= 11 is 0. The molecule has 0 aromatic heterocycles. The molecule has 0 aliphatic carbocycles. The standard InChI is InChI=1S/C11H18N2O2.ClH/c1-11(14,13(2)3)8-15-10-6-4-9(12)5-7-10;/h4-7,14H,8,12H2,1-3H3;1H. The lowest BCUT2D eigenvalue weighted by atomic mass is 10.2. The number of rotatable bonds is 4. The third-order valence-electron chi connectivity index (χ3n) is 2.36. The average molecular weight is 247 g/mol. The van der Waals surface area contributed by atoms with Crippen LogP contribution >= 0.6 is 12.4 Å². The second kappa shape index (κ2) is 5.94. The Balaban J connectivity index is 0.00000225. The molecule has 1 atom stereocenters. The fourth-order valence-electron chi connectivity index (χ4n) is 0.913. The molecule has 1 rings (SSSR count). The summed E-state index contributed by atoms with van der Waals surface area (Å²) in [7, 11) is 3.60. The molecule has 0 radical (unpaired) electrons. The third-order valence-corrected chi connectivity index (χ3v) is 2.36. The van der Waals surface area contributed by atoms with Crippen LogP contribution in [0.15, 0.2) is 24.3 Å². The van der Waals surface area contributed by atoms with E-state index in [9.17, 15) is 5.11 Å². The minimum Gasteiger partial charge on any atom is -0.489 e. The van der Waals surface area contributed by atoms with E-state index in [2.05, 4.69) is 0 Å². The normalized spacial score (nSPS) is 14.1. The molecule has 16 heavy (non-hydrogen) atoms. The summed E-state index contributed by atoms with van der Waals surface area (Å²) in [5.41, 5.74) is 5.27. The maximum atomic E-state index is 9.88. The van der Waals surface area contributed by atoms with Gasteiger partial charge in [0.2, 0.25) is 0 Å². The Hall–Kier alpha value is -0.970. The first kappa shape index (κ1) is 15.0. The largest absolute Gasteiger partial charge is 0.489 e. The van der Waals surface area contributed by atoms with E-state index in [1.54, 1.807) is 50.2 Å². The smallest absolute Gasteiger partial charge is 0.149 e. The van der Waals surface area contributed by atoms with Gasteiger partial charge in [0.1, 0.15) is 18.1 Å². The number of halogens is 1. The molecular weight excluding hydrogens is 228 g/mol. The van der Waals surface area contributed by atoms with Gasteiger partial charge in [0.15, 0.2) is 0 Å². The lowest BCUT2D eigenvalue weighted by Crippen LogP contribution is -2.46. The predicted molar refractivity (Wildman–Crippen MR) is 67.9 cm³/mol. The number of nitrogen functional groups attached to an aromatic ring is 1. The SMILES string of the molecule is CN(C)C(C)(O)COc1ccc(N)cc1.Cl. The fraction of sp³-hybridized carbons (Fsp3) is 0.455. The van der Waals surface area contributed by atoms with Gasteiger partial charge in [-0.15, -0.1) is 12.4 Å². The molecule has 5 heteroatoms. The molecule has 0 saturated carbocycles. The summed E-state index contributed by atoms with van der Waals surface area (Å²) in [5.74, 6) is 0.700. The van der Waals surface area contributed by atoms with Crippen LogP contribution in [0.4, 0.5) is 5.69 Å². The Morgan fingerprint density at radius 3 is 2.25 bits per heavy atom. The van der Waals surface area contributed by atoms with Crippen LogP contribution in [0.1, 0.15) is 6.92 Å². The van der Waals surface area contributed by atoms with Crippen LogP contribution in [0.3, 0.4) is 0 Å². The highest BCUT2D eigenvalue weighted by Crippen LogP contribution is 2.15. The molecule has 0 saturated heterocycles. The highest BCUT2D eigenvalue weighted by molar-refractivity contribution is 5.85. The summed E-state index contributed by atoms with van der Waals surface area (Å²) in [6, 6.07) is 7.08. The molecule has 92 valence electrons. The van der Waals surface area contributed by atoms with Gasteiger partial charge in [-0.25, -0.2) is 0 Å². The van der Waals surface area contributed by atoms with Crippen LogP contribution in [0.25, 0.3) is 0 Å².